The predicted molar refractivity (Wildman–Crippen MR) is 87.6 cm³/mol. The van der Waals surface area contributed by atoms with Crippen LogP contribution in [-0.4, -0.2) is 28.5 Å². The largest absolute Gasteiger partial charge is 0.369 e. The number of rotatable bonds is 5. The van der Waals surface area contributed by atoms with E-state index in [9.17, 15) is 9.18 Å². The molecule has 0 radical (unpaired) electrons. The van der Waals surface area contributed by atoms with Crippen LogP contribution >= 0.6 is 0 Å². The Bertz CT molecular complexity index is 685. The number of hydrogen-bond donors (Lipinski definition) is 2. The fourth-order valence-electron chi connectivity index (χ4n) is 3.03. The molecule has 0 atom stereocenters. The molecule has 122 valence electrons. The van der Waals surface area contributed by atoms with E-state index in [0.29, 0.717) is 30.2 Å². The van der Waals surface area contributed by atoms with Crippen LogP contribution in [0.5, 0.6) is 0 Å². The lowest BCUT2D eigenvalue weighted by Gasteiger charge is -2.22. The maximum Gasteiger partial charge on any atom is 0.221 e. The third-order valence-electron chi connectivity index (χ3n) is 4.23. The minimum Gasteiger partial charge on any atom is -0.369 e. The summed E-state index contributed by atoms with van der Waals surface area (Å²) < 4.78 is 13.7. The first-order chi connectivity index (χ1) is 11.2. The minimum absolute atomic E-state index is 0.0499. The summed E-state index contributed by atoms with van der Waals surface area (Å²) in [5, 5.41) is 6.81. The maximum absolute atomic E-state index is 13.7. The Morgan fingerprint density at radius 2 is 2.04 bits per heavy atom. The SMILES string of the molecule is O=C(CCNc1ncnc2c(F)cccc12)NC1CCCCC1. The van der Waals surface area contributed by atoms with Gasteiger partial charge in [0.05, 0.1) is 0 Å². The maximum atomic E-state index is 13.7. The lowest BCUT2D eigenvalue weighted by atomic mass is 9.95. The molecule has 3 rings (SSSR count). The average Bonchev–Trinajstić information content (AvgIpc) is 2.56. The highest BCUT2D eigenvalue weighted by atomic mass is 19.1. The van der Waals surface area contributed by atoms with Crippen molar-refractivity contribution in [1.82, 2.24) is 15.3 Å². The summed E-state index contributed by atoms with van der Waals surface area (Å²) in [4.78, 5) is 20.1. The molecular weight excluding hydrogens is 295 g/mol. The quantitative estimate of drug-likeness (QED) is 0.890. The van der Waals surface area contributed by atoms with E-state index in [1.807, 2.05) is 0 Å². The van der Waals surface area contributed by atoms with Gasteiger partial charge in [-0.3, -0.25) is 4.79 Å². The van der Waals surface area contributed by atoms with Crippen molar-refractivity contribution in [3.05, 3.63) is 30.3 Å². The van der Waals surface area contributed by atoms with Crippen molar-refractivity contribution >= 4 is 22.6 Å². The van der Waals surface area contributed by atoms with Gasteiger partial charge < -0.3 is 10.6 Å². The normalized spacial score (nSPS) is 15.5. The van der Waals surface area contributed by atoms with Crippen LogP contribution in [0.15, 0.2) is 24.5 Å². The Balaban J connectivity index is 1.54. The second kappa shape index (κ2) is 7.35. The number of carbonyl (C=O) groups excluding carboxylic acids is 1. The zero-order valence-electron chi connectivity index (χ0n) is 13.0. The summed E-state index contributed by atoms with van der Waals surface area (Å²) in [6.07, 6.45) is 7.52. The number of para-hydroxylation sites is 1. The Morgan fingerprint density at radius 1 is 1.22 bits per heavy atom. The molecular formula is C17H21FN4O. The number of anilines is 1. The van der Waals surface area contributed by atoms with E-state index in [2.05, 4.69) is 20.6 Å². The lowest BCUT2D eigenvalue weighted by Crippen LogP contribution is -2.36. The Morgan fingerprint density at radius 3 is 2.87 bits per heavy atom. The van der Waals surface area contributed by atoms with E-state index in [0.717, 1.165) is 12.8 Å². The van der Waals surface area contributed by atoms with Gasteiger partial charge in [-0.05, 0) is 25.0 Å². The number of halogens is 1. The van der Waals surface area contributed by atoms with Crippen molar-refractivity contribution in [2.75, 3.05) is 11.9 Å². The van der Waals surface area contributed by atoms with Crippen molar-refractivity contribution in [1.29, 1.82) is 0 Å². The van der Waals surface area contributed by atoms with Crippen LogP contribution in [0, 0.1) is 5.82 Å². The first kappa shape index (κ1) is 15.6. The topological polar surface area (TPSA) is 66.9 Å². The second-order valence-corrected chi connectivity index (χ2v) is 5.94. The molecule has 1 heterocycles. The molecule has 0 aliphatic heterocycles. The van der Waals surface area contributed by atoms with Crippen molar-refractivity contribution in [2.45, 2.75) is 44.6 Å². The van der Waals surface area contributed by atoms with Gasteiger partial charge in [0, 0.05) is 24.4 Å². The predicted octanol–water partition coefficient (Wildman–Crippen LogP) is 3.02. The molecule has 1 fully saturated rings. The Labute approximate surface area is 134 Å². The zero-order valence-corrected chi connectivity index (χ0v) is 13.0. The fraction of sp³-hybridized carbons (Fsp3) is 0.471. The van der Waals surface area contributed by atoms with Gasteiger partial charge in [-0.25, -0.2) is 14.4 Å². The monoisotopic (exact) mass is 316 g/mol. The number of hydrogen-bond acceptors (Lipinski definition) is 4. The average molecular weight is 316 g/mol. The first-order valence-electron chi connectivity index (χ1n) is 8.16. The number of amides is 1. The fourth-order valence-corrected chi connectivity index (χ4v) is 3.03. The molecule has 1 saturated carbocycles. The lowest BCUT2D eigenvalue weighted by molar-refractivity contribution is -0.121. The Kier molecular flexibility index (Phi) is 5.00. The number of aromatic nitrogens is 2. The van der Waals surface area contributed by atoms with Crippen molar-refractivity contribution in [2.24, 2.45) is 0 Å². The molecule has 0 bridgehead atoms. The highest BCUT2D eigenvalue weighted by molar-refractivity contribution is 5.89. The molecule has 1 amide bonds. The van der Waals surface area contributed by atoms with Crippen LogP contribution in [0.25, 0.3) is 10.9 Å². The third kappa shape index (κ3) is 3.94. The molecule has 0 unspecified atom stereocenters. The van der Waals surface area contributed by atoms with Crippen LogP contribution in [0.1, 0.15) is 38.5 Å². The van der Waals surface area contributed by atoms with E-state index < -0.39 is 0 Å². The summed E-state index contributed by atoms with van der Waals surface area (Å²) in [6, 6.07) is 5.09. The molecule has 1 aliphatic carbocycles. The van der Waals surface area contributed by atoms with Gasteiger partial charge in [0.25, 0.3) is 0 Å². The number of carbonyl (C=O) groups is 1. The van der Waals surface area contributed by atoms with E-state index >= 15 is 0 Å². The highest BCUT2D eigenvalue weighted by Crippen LogP contribution is 2.21. The Hall–Kier alpha value is -2.24. The summed E-state index contributed by atoms with van der Waals surface area (Å²) in [5.41, 5.74) is 0.289. The number of nitrogens with zero attached hydrogens (tertiary/aromatic N) is 2. The summed E-state index contributed by atoms with van der Waals surface area (Å²) in [5.74, 6) is 0.233. The molecule has 0 spiro atoms. The van der Waals surface area contributed by atoms with Crippen LogP contribution < -0.4 is 10.6 Å². The van der Waals surface area contributed by atoms with Gasteiger partial charge in [0.1, 0.15) is 23.5 Å². The smallest absolute Gasteiger partial charge is 0.221 e. The van der Waals surface area contributed by atoms with Crippen molar-refractivity contribution in [3.8, 4) is 0 Å². The van der Waals surface area contributed by atoms with Gasteiger partial charge >= 0.3 is 0 Å². The molecule has 1 aromatic carbocycles. The molecule has 23 heavy (non-hydrogen) atoms. The van der Waals surface area contributed by atoms with Gasteiger partial charge in [-0.1, -0.05) is 25.3 Å². The summed E-state index contributed by atoms with van der Waals surface area (Å²) >= 11 is 0. The number of fused-ring (bicyclic) bond motifs is 1. The molecule has 2 N–H and O–H groups in total. The first-order valence-corrected chi connectivity index (χ1v) is 8.16. The summed E-state index contributed by atoms with van der Waals surface area (Å²) in [7, 11) is 0. The van der Waals surface area contributed by atoms with E-state index in [1.54, 1.807) is 12.1 Å². The standard InChI is InChI=1S/C17H21FN4O/c18-14-8-4-7-13-16(14)20-11-21-17(13)19-10-9-15(23)22-12-5-2-1-3-6-12/h4,7-8,11-12H,1-3,5-6,9-10H2,(H,22,23)(H,19,20,21). The minimum atomic E-state index is -0.372. The van der Waals surface area contributed by atoms with Gasteiger partial charge in [0.2, 0.25) is 5.91 Å². The van der Waals surface area contributed by atoms with E-state index in [4.69, 9.17) is 0 Å². The van der Waals surface area contributed by atoms with E-state index in [1.165, 1.54) is 31.7 Å². The van der Waals surface area contributed by atoms with Crippen LogP contribution in [-0.2, 0) is 4.79 Å². The second-order valence-electron chi connectivity index (χ2n) is 5.94. The van der Waals surface area contributed by atoms with Crippen LogP contribution in [0.4, 0.5) is 10.2 Å². The molecule has 2 aromatic rings. The van der Waals surface area contributed by atoms with Crippen LogP contribution in [0.3, 0.4) is 0 Å². The summed E-state index contributed by atoms with van der Waals surface area (Å²) in [6.45, 7) is 0.460. The molecule has 1 aliphatic rings. The van der Waals surface area contributed by atoms with Gasteiger partial charge in [-0.2, -0.15) is 0 Å². The van der Waals surface area contributed by atoms with Crippen molar-refractivity contribution < 1.29 is 9.18 Å². The van der Waals surface area contributed by atoms with E-state index in [-0.39, 0.29) is 17.2 Å². The zero-order chi connectivity index (χ0) is 16.1. The van der Waals surface area contributed by atoms with Crippen molar-refractivity contribution in [3.63, 3.8) is 0 Å². The van der Waals surface area contributed by atoms with Gasteiger partial charge in [0.15, 0.2) is 0 Å². The van der Waals surface area contributed by atoms with Crippen LogP contribution in [0.2, 0.25) is 0 Å². The number of nitrogens with one attached hydrogen (secondary N) is 2. The third-order valence-corrected chi connectivity index (χ3v) is 4.23. The van der Waals surface area contributed by atoms with Gasteiger partial charge in [-0.15, -0.1) is 0 Å². The molecule has 0 saturated heterocycles. The number of benzene rings is 1. The molecule has 6 heteroatoms. The molecule has 1 aromatic heterocycles. The highest BCUT2D eigenvalue weighted by Gasteiger charge is 2.15. The molecule has 5 nitrogen and oxygen atoms in total.